The molecule has 0 saturated carbocycles. The van der Waals surface area contributed by atoms with Gasteiger partial charge in [0, 0.05) is 0 Å². The van der Waals surface area contributed by atoms with Crippen LogP contribution in [-0.4, -0.2) is 29.0 Å². The molecule has 0 amide bonds. The van der Waals surface area contributed by atoms with Crippen molar-refractivity contribution < 1.29 is 15.0 Å². The molecule has 2 atom stereocenters. The maximum absolute atomic E-state index is 10.5. The predicted octanol–water partition coefficient (Wildman–Crippen LogP) is 0.335. The topological polar surface area (TPSA) is 57.5 Å². The van der Waals surface area contributed by atoms with Crippen molar-refractivity contribution in [2.75, 3.05) is 12.8 Å². The van der Waals surface area contributed by atoms with E-state index in [-0.39, 0.29) is 6.61 Å². The summed E-state index contributed by atoms with van der Waals surface area (Å²) >= 11 is 0. The maximum atomic E-state index is 10.5. The van der Waals surface area contributed by atoms with Crippen LogP contribution >= 0.6 is 9.24 Å². The third-order valence-corrected chi connectivity index (χ3v) is 2.61. The van der Waals surface area contributed by atoms with Gasteiger partial charge >= 0.3 is 5.97 Å². The quantitative estimate of drug-likeness (QED) is 0.589. The molecule has 3 nitrogen and oxygen atoms in total. The van der Waals surface area contributed by atoms with E-state index in [4.69, 9.17) is 10.2 Å². The molecule has 60 valence electrons. The van der Waals surface area contributed by atoms with Gasteiger partial charge in [-0.3, -0.25) is 4.79 Å². The normalized spacial score (nSPS) is 16.3. The number of carboxylic acid groups (broad SMARTS) is 1. The summed E-state index contributed by atoms with van der Waals surface area (Å²) in [7, 11) is 2.34. The highest BCUT2D eigenvalue weighted by molar-refractivity contribution is 7.16. The summed E-state index contributed by atoms with van der Waals surface area (Å²) < 4.78 is 0. The van der Waals surface area contributed by atoms with Gasteiger partial charge in [-0.2, -0.15) is 0 Å². The minimum Gasteiger partial charge on any atom is -0.481 e. The Morgan fingerprint density at radius 3 is 2.20 bits per heavy atom. The van der Waals surface area contributed by atoms with Crippen molar-refractivity contribution in [3.05, 3.63) is 0 Å². The van der Waals surface area contributed by atoms with Crippen molar-refractivity contribution in [1.29, 1.82) is 0 Å². The van der Waals surface area contributed by atoms with Crippen molar-refractivity contribution in [3.8, 4) is 0 Å². The Kier molecular flexibility index (Phi) is 3.84. The molecule has 0 rings (SSSR count). The van der Waals surface area contributed by atoms with E-state index < -0.39 is 11.4 Å². The van der Waals surface area contributed by atoms with Gasteiger partial charge in [-0.05, 0) is 12.6 Å². The van der Waals surface area contributed by atoms with E-state index >= 15 is 0 Å². The van der Waals surface area contributed by atoms with Crippen LogP contribution < -0.4 is 0 Å². The molecule has 0 fully saturated rings. The maximum Gasteiger partial charge on any atom is 0.312 e. The van der Waals surface area contributed by atoms with Gasteiger partial charge in [-0.1, -0.05) is 6.92 Å². The molecule has 0 heterocycles. The van der Waals surface area contributed by atoms with Gasteiger partial charge in [0.05, 0.1) is 12.0 Å². The molecule has 0 spiro atoms. The number of rotatable bonds is 4. The minimum atomic E-state index is -0.940. The van der Waals surface area contributed by atoms with E-state index in [2.05, 4.69) is 9.24 Å². The van der Waals surface area contributed by atoms with Crippen LogP contribution in [0.15, 0.2) is 0 Å². The van der Waals surface area contributed by atoms with Crippen LogP contribution in [-0.2, 0) is 4.79 Å². The average Bonchev–Trinajstić information content (AvgIpc) is 1.92. The third kappa shape index (κ3) is 1.68. The number of hydrogen-bond acceptors (Lipinski definition) is 2. The van der Waals surface area contributed by atoms with E-state index in [1.165, 1.54) is 0 Å². The molecule has 0 aliphatic rings. The summed E-state index contributed by atoms with van der Waals surface area (Å²) in [6, 6.07) is 0. The monoisotopic (exact) mass is 164 g/mol. The highest BCUT2D eigenvalue weighted by Crippen LogP contribution is 2.23. The first-order valence-electron chi connectivity index (χ1n) is 3.17. The molecule has 0 bridgehead atoms. The predicted molar refractivity (Wildman–Crippen MR) is 42.0 cm³/mol. The first-order valence-corrected chi connectivity index (χ1v) is 3.99. The van der Waals surface area contributed by atoms with Crippen LogP contribution in [0.1, 0.15) is 13.3 Å². The Morgan fingerprint density at radius 2 is 2.20 bits per heavy atom. The summed E-state index contributed by atoms with van der Waals surface area (Å²) in [6.07, 6.45) is 0.859. The molecule has 0 aromatic carbocycles. The van der Waals surface area contributed by atoms with Gasteiger partial charge in [0.2, 0.25) is 0 Å². The van der Waals surface area contributed by atoms with Crippen molar-refractivity contribution in [2.45, 2.75) is 13.3 Å². The van der Waals surface area contributed by atoms with Crippen LogP contribution in [0.4, 0.5) is 0 Å². The Balaban J connectivity index is 4.31. The third-order valence-electron chi connectivity index (χ3n) is 1.82. The Hall–Kier alpha value is -0.140. The van der Waals surface area contributed by atoms with Crippen LogP contribution in [0.25, 0.3) is 0 Å². The molecule has 2 N–H and O–H groups in total. The first-order chi connectivity index (χ1) is 4.63. The Labute approximate surface area is 62.6 Å². The van der Waals surface area contributed by atoms with Gasteiger partial charge in [0.1, 0.15) is 0 Å². The molecule has 0 aliphatic carbocycles. The van der Waals surface area contributed by atoms with E-state index in [9.17, 15) is 4.79 Å². The lowest BCUT2D eigenvalue weighted by atomic mass is 9.89. The van der Waals surface area contributed by atoms with Crippen molar-refractivity contribution in [3.63, 3.8) is 0 Å². The number of carboxylic acids is 1. The van der Waals surface area contributed by atoms with Crippen LogP contribution in [0, 0.1) is 5.41 Å². The summed E-state index contributed by atoms with van der Waals surface area (Å²) in [5, 5.41) is 17.4. The highest BCUT2D eigenvalue weighted by Gasteiger charge is 2.33. The fourth-order valence-corrected chi connectivity index (χ4v) is 1.22. The number of carbonyl (C=O) groups is 1. The fourth-order valence-electron chi connectivity index (χ4n) is 0.627. The fraction of sp³-hybridized carbons (Fsp3) is 0.833. The SMILES string of the molecule is CCC(CO)(CP)C(=O)O. The molecule has 4 heteroatoms. The molecule has 10 heavy (non-hydrogen) atoms. The van der Waals surface area contributed by atoms with Crippen LogP contribution in [0.5, 0.6) is 0 Å². The van der Waals surface area contributed by atoms with Crippen LogP contribution in [0.3, 0.4) is 0 Å². The number of aliphatic carboxylic acids is 1. The van der Waals surface area contributed by atoms with Gasteiger partial charge in [0.15, 0.2) is 0 Å². The summed E-state index contributed by atoms with van der Waals surface area (Å²) in [6.45, 7) is 1.47. The van der Waals surface area contributed by atoms with Crippen molar-refractivity contribution in [2.24, 2.45) is 5.41 Å². The zero-order valence-corrected chi connectivity index (χ0v) is 7.16. The second-order valence-corrected chi connectivity index (χ2v) is 2.71. The summed E-state index contributed by atoms with van der Waals surface area (Å²) in [5.41, 5.74) is -0.940. The smallest absolute Gasteiger partial charge is 0.312 e. The lowest BCUT2D eigenvalue weighted by Gasteiger charge is -2.22. The highest BCUT2D eigenvalue weighted by atomic mass is 31.0. The van der Waals surface area contributed by atoms with Crippen molar-refractivity contribution in [1.82, 2.24) is 0 Å². The van der Waals surface area contributed by atoms with Crippen molar-refractivity contribution >= 4 is 15.2 Å². The molecule has 2 unspecified atom stereocenters. The number of hydrogen-bond donors (Lipinski definition) is 2. The summed E-state index contributed by atoms with van der Waals surface area (Å²) in [5.74, 6) is -0.924. The largest absolute Gasteiger partial charge is 0.481 e. The molecular formula is C6H13O3P. The second kappa shape index (κ2) is 3.89. The molecule has 0 radical (unpaired) electrons. The van der Waals surface area contributed by atoms with Gasteiger partial charge in [0.25, 0.3) is 0 Å². The number of aliphatic hydroxyl groups excluding tert-OH is 1. The molecule has 0 aromatic heterocycles. The Morgan fingerprint density at radius 1 is 1.70 bits per heavy atom. The van der Waals surface area contributed by atoms with E-state index in [0.717, 1.165) is 0 Å². The van der Waals surface area contributed by atoms with Gasteiger partial charge in [-0.25, -0.2) is 0 Å². The van der Waals surface area contributed by atoms with E-state index in [0.29, 0.717) is 12.6 Å². The lowest BCUT2D eigenvalue weighted by Crippen LogP contribution is -2.35. The molecular weight excluding hydrogens is 151 g/mol. The zero-order chi connectivity index (χ0) is 8.20. The zero-order valence-electron chi connectivity index (χ0n) is 6.00. The molecule has 0 saturated heterocycles. The molecule has 0 aliphatic heterocycles. The van der Waals surface area contributed by atoms with E-state index in [1.807, 2.05) is 0 Å². The second-order valence-electron chi connectivity index (χ2n) is 2.30. The van der Waals surface area contributed by atoms with Gasteiger partial charge < -0.3 is 10.2 Å². The summed E-state index contributed by atoms with van der Waals surface area (Å²) in [4.78, 5) is 10.5. The first kappa shape index (κ1) is 9.86. The average molecular weight is 164 g/mol. The minimum absolute atomic E-state index is 0.289. The van der Waals surface area contributed by atoms with Gasteiger partial charge in [-0.15, -0.1) is 9.24 Å². The van der Waals surface area contributed by atoms with E-state index in [1.54, 1.807) is 6.92 Å². The number of aliphatic hydroxyl groups is 1. The standard InChI is InChI=1S/C6H13O3P/c1-2-6(3-7,4-10)5(8)9/h7H,2-4,10H2,1H3,(H,8,9). The Bertz CT molecular complexity index is 112. The lowest BCUT2D eigenvalue weighted by molar-refractivity contribution is -0.150. The van der Waals surface area contributed by atoms with Crippen LogP contribution in [0.2, 0.25) is 0 Å². The molecule has 0 aromatic rings.